The number of benzene rings is 1. The molecule has 1 aromatic carbocycles. The van der Waals surface area contributed by atoms with Crippen LogP contribution in [-0.2, 0) is 4.79 Å². The summed E-state index contributed by atoms with van der Waals surface area (Å²) in [6.45, 7) is 8.02. The van der Waals surface area contributed by atoms with Gasteiger partial charge in [-0.05, 0) is 23.5 Å². The van der Waals surface area contributed by atoms with Crippen molar-refractivity contribution in [1.29, 1.82) is 0 Å². The summed E-state index contributed by atoms with van der Waals surface area (Å²) in [6.07, 6.45) is 0. The second kappa shape index (κ2) is 5.89. The lowest BCUT2D eigenvalue weighted by molar-refractivity contribution is -0.139. The standard InChI is InChI=1S/C15H22O3/c1-9(2)11-6-7-13(18-5)12(8-11)14(10(3)4)15(16)17/h6-10,14H,1-5H3,(H,16,17). The van der Waals surface area contributed by atoms with E-state index in [1.165, 1.54) is 0 Å². The molecule has 0 spiro atoms. The van der Waals surface area contributed by atoms with Crippen LogP contribution in [0.2, 0.25) is 0 Å². The lowest BCUT2D eigenvalue weighted by Crippen LogP contribution is -2.18. The predicted molar refractivity (Wildman–Crippen MR) is 72.3 cm³/mol. The van der Waals surface area contributed by atoms with Gasteiger partial charge in [-0.15, -0.1) is 0 Å². The summed E-state index contributed by atoms with van der Waals surface area (Å²) in [5.74, 6) is -0.279. The summed E-state index contributed by atoms with van der Waals surface area (Å²) in [5.41, 5.74) is 1.91. The van der Waals surface area contributed by atoms with Crippen molar-refractivity contribution in [3.63, 3.8) is 0 Å². The Bertz CT molecular complexity index is 422. The highest BCUT2D eigenvalue weighted by Crippen LogP contribution is 2.34. The van der Waals surface area contributed by atoms with E-state index in [0.29, 0.717) is 11.7 Å². The Kier molecular flexibility index (Phi) is 4.76. The van der Waals surface area contributed by atoms with Gasteiger partial charge in [0.25, 0.3) is 0 Å². The Morgan fingerprint density at radius 1 is 1.22 bits per heavy atom. The van der Waals surface area contributed by atoms with E-state index in [9.17, 15) is 9.90 Å². The van der Waals surface area contributed by atoms with Crippen LogP contribution in [0.25, 0.3) is 0 Å². The van der Waals surface area contributed by atoms with Crippen LogP contribution in [0.15, 0.2) is 18.2 Å². The maximum absolute atomic E-state index is 11.4. The summed E-state index contributed by atoms with van der Waals surface area (Å²) >= 11 is 0. The molecule has 1 unspecified atom stereocenters. The van der Waals surface area contributed by atoms with E-state index in [4.69, 9.17) is 4.74 Å². The smallest absolute Gasteiger partial charge is 0.311 e. The molecule has 0 amide bonds. The summed E-state index contributed by atoms with van der Waals surface area (Å²) in [7, 11) is 1.58. The predicted octanol–water partition coefficient (Wildman–Crippen LogP) is 3.64. The first kappa shape index (κ1) is 14.6. The van der Waals surface area contributed by atoms with Gasteiger partial charge in [-0.3, -0.25) is 4.79 Å². The van der Waals surface area contributed by atoms with Gasteiger partial charge in [0.1, 0.15) is 5.75 Å². The second-order valence-corrected chi connectivity index (χ2v) is 5.22. The van der Waals surface area contributed by atoms with E-state index in [0.717, 1.165) is 11.1 Å². The summed E-state index contributed by atoms with van der Waals surface area (Å²) < 4.78 is 5.30. The minimum atomic E-state index is -0.802. The van der Waals surface area contributed by atoms with Gasteiger partial charge in [0.15, 0.2) is 0 Å². The molecular formula is C15H22O3. The van der Waals surface area contributed by atoms with Crippen LogP contribution in [0.1, 0.15) is 50.7 Å². The summed E-state index contributed by atoms with van der Waals surface area (Å²) in [5, 5.41) is 9.39. The molecule has 0 bridgehead atoms. The molecule has 0 heterocycles. The zero-order chi connectivity index (χ0) is 13.9. The van der Waals surface area contributed by atoms with Crippen molar-refractivity contribution in [2.45, 2.75) is 39.5 Å². The molecule has 3 nitrogen and oxygen atoms in total. The first-order valence-corrected chi connectivity index (χ1v) is 6.29. The maximum Gasteiger partial charge on any atom is 0.311 e. The number of rotatable bonds is 5. The highest BCUT2D eigenvalue weighted by atomic mass is 16.5. The third-order valence-electron chi connectivity index (χ3n) is 3.19. The molecule has 0 fully saturated rings. The van der Waals surface area contributed by atoms with Gasteiger partial charge in [0, 0.05) is 5.56 Å². The van der Waals surface area contributed by atoms with Gasteiger partial charge < -0.3 is 9.84 Å². The van der Waals surface area contributed by atoms with E-state index < -0.39 is 11.9 Å². The van der Waals surface area contributed by atoms with E-state index >= 15 is 0 Å². The molecule has 0 aliphatic heterocycles. The SMILES string of the molecule is COc1ccc(C(C)C)cc1C(C(=O)O)C(C)C. The molecule has 0 aliphatic carbocycles. The lowest BCUT2D eigenvalue weighted by Gasteiger charge is -2.21. The average molecular weight is 250 g/mol. The Morgan fingerprint density at radius 2 is 1.83 bits per heavy atom. The molecular weight excluding hydrogens is 228 g/mol. The Hall–Kier alpha value is -1.51. The number of ether oxygens (including phenoxy) is 1. The minimum absolute atomic E-state index is 0.0267. The monoisotopic (exact) mass is 250 g/mol. The number of aliphatic carboxylic acids is 1. The van der Waals surface area contributed by atoms with Crippen molar-refractivity contribution in [2.24, 2.45) is 5.92 Å². The summed E-state index contributed by atoms with van der Waals surface area (Å²) in [6, 6.07) is 5.82. The molecule has 1 aromatic rings. The highest BCUT2D eigenvalue weighted by Gasteiger charge is 2.27. The molecule has 3 heteroatoms. The second-order valence-electron chi connectivity index (χ2n) is 5.22. The molecule has 1 N–H and O–H groups in total. The van der Waals surface area contributed by atoms with Crippen molar-refractivity contribution < 1.29 is 14.6 Å². The van der Waals surface area contributed by atoms with E-state index in [1.807, 2.05) is 32.0 Å². The fourth-order valence-corrected chi connectivity index (χ4v) is 2.13. The van der Waals surface area contributed by atoms with Crippen molar-refractivity contribution in [3.05, 3.63) is 29.3 Å². The first-order valence-electron chi connectivity index (χ1n) is 6.29. The molecule has 0 aromatic heterocycles. The third-order valence-corrected chi connectivity index (χ3v) is 3.19. The van der Waals surface area contributed by atoms with Crippen LogP contribution in [0.5, 0.6) is 5.75 Å². The molecule has 1 atom stereocenters. The molecule has 0 aliphatic rings. The topological polar surface area (TPSA) is 46.5 Å². The zero-order valence-electron chi connectivity index (χ0n) is 11.7. The van der Waals surface area contributed by atoms with Gasteiger partial charge in [-0.25, -0.2) is 0 Å². The quantitative estimate of drug-likeness (QED) is 0.867. The van der Waals surface area contributed by atoms with Crippen LogP contribution in [0.4, 0.5) is 0 Å². The number of methoxy groups -OCH3 is 1. The normalized spacial score (nSPS) is 12.8. The number of carboxylic acids is 1. The maximum atomic E-state index is 11.4. The molecule has 0 saturated heterocycles. The van der Waals surface area contributed by atoms with Crippen LogP contribution in [0.3, 0.4) is 0 Å². The fourth-order valence-electron chi connectivity index (χ4n) is 2.13. The molecule has 100 valence electrons. The first-order chi connectivity index (χ1) is 8.38. The zero-order valence-corrected chi connectivity index (χ0v) is 11.7. The van der Waals surface area contributed by atoms with Crippen LogP contribution in [-0.4, -0.2) is 18.2 Å². The lowest BCUT2D eigenvalue weighted by atomic mass is 9.86. The summed E-state index contributed by atoms with van der Waals surface area (Å²) in [4.78, 5) is 11.4. The van der Waals surface area contributed by atoms with Crippen molar-refractivity contribution in [3.8, 4) is 5.75 Å². The van der Waals surface area contributed by atoms with Gasteiger partial charge in [0.05, 0.1) is 13.0 Å². The number of carboxylic acid groups (broad SMARTS) is 1. The highest BCUT2D eigenvalue weighted by molar-refractivity contribution is 5.77. The van der Waals surface area contributed by atoms with Crippen molar-refractivity contribution >= 4 is 5.97 Å². The van der Waals surface area contributed by atoms with Crippen LogP contribution >= 0.6 is 0 Å². The number of carbonyl (C=O) groups is 1. The Morgan fingerprint density at radius 3 is 2.22 bits per heavy atom. The van der Waals surface area contributed by atoms with Gasteiger partial charge in [-0.1, -0.05) is 39.8 Å². The number of hydrogen-bond acceptors (Lipinski definition) is 2. The van der Waals surface area contributed by atoms with Gasteiger partial charge >= 0.3 is 5.97 Å². The van der Waals surface area contributed by atoms with E-state index in [-0.39, 0.29) is 5.92 Å². The van der Waals surface area contributed by atoms with Crippen molar-refractivity contribution in [1.82, 2.24) is 0 Å². The van der Waals surface area contributed by atoms with Gasteiger partial charge in [-0.2, -0.15) is 0 Å². The molecule has 18 heavy (non-hydrogen) atoms. The largest absolute Gasteiger partial charge is 0.496 e. The van der Waals surface area contributed by atoms with Crippen molar-refractivity contribution in [2.75, 3.05) is 7.11 Å². The fraction of sp³-hybridized carbons (Fsp3) is 0.533. The van der Waals surface area contributed by atoms with Crippen LogP contribution in [0, 0.1) is 5.92 Å². The Balaban J connectivity index is 3.33. The molecule has 0 saturated carbocycles. The van der Waals surface area contributed by atoms with E-state index in [2.05, 4.69) is 13.8 Å². The minimum Gasteiger partial charge on any atom is -0.496 e. The third kappa shape index (κ3) is 3.03. The number of hydrogen-bond donors (Lipinski definition) is 1. The molecule has 0 radical (unpaired) electrons. The Labute approximate surface area is 109 Å². The van der Waals surface area contributed by atoms with E-state index in [1.54, 1.807) is 7.11 Å². The van der Waals surface area contributed by atoms with Gasteiger partial charge in [0.2, 0.25) is 0 Å². The average Bonchev–Trinajstić information content (AvgIpc) is 2.27. The molecule has 1 rings (SSSR count). The van der Waals surface area contributed by atoms with Crippen LogP contribution < -0.4 is 4.74 Å².